The lowest BCUT2D eigenvalue weighted by Crippen LogP contribution is -2.58. The van der Waals surface area contributed by atoms with Crippen LogP contribution in [0.4, 0.5) is 0 Å². The summed E-state index contributed by atoms with van der Waals surface area (Å²) in [5.41, 5.74) is 6.14. The highest BCUT2D eigenvalue weighted by atomic mass is 16.5. The molecule has 4 heteroatoms. The van der Waals surface area contributed by atoms with Gasteiger partial charge in [0.05, 0.1) is 12.2 Å². The number of benzene rings is 1. The van der Waals surface area contributed by atoms with Crippen LogP contribution >= 0.6 is 0 Å². The minimum atomic E-state index is -0.745. The van der Waals surface area contributed by atoms with Crippen LogP contribution in [0.2, 0.25) is 0 Å². The van der Waals surface area contributed by atoms with Gasteiger partial charge in [0.25, 0.3) is 0 Å². The van der Waals surface area contributed by atoms with E-state index in [1.54, 1.807) is 0 Å². The van der Waals surface area contributed by atoms with Gasteiger partial charge in [-0.05, 0) is 44.8 Å². The predicted octanol–water partition coefficient (Wildman–Crippen LogP) is 1.17. The highest BCUT2D eigenvalue weighted by Crippen LogP contribution is 2.48. The Hall–Kier alpha value is -1.10. The van der Waals surface area contributed by atoms with Gasteiger partial charge in [-0.15, -0.1) is 0 Å². The first kappa shape index (κ1) is 13.9. The fourth-order valence-electron chi connectivity index (χ4n) is 3.87. The molecule has 0 aliphatic carbocycles. The summed E-state index contributed by atoms with van der Waals surface area (Å²) in [4.78, 5) is 0. The van der Waals surface area contributed by atoms with Gasteiger partial charge in [-0.3, -0.25) is 0 Å². The van der Waals surface area contributed by atoms with Crippen LogP contribution in [0.1, 0.15) is 31.2 Å². The van der Waals surface area contributed by atoms with Crippen molar-refractivity contribution in [3.63, 3.8) is 0 Å². The van der Waals surface area contributed by atoms with E-state index in [1.807, 2.05) is 18.2 Å². The molecule has 20 heavy (non-hydrogen) atoms. The van der Waals surface area contributed by atoms with Crippen LogP contribution in [0.5, 0.6) is 5.75 Å². The van der Waals surface area contributed by atoms with E-state index in [2.05, 4.69) is 11.4 Å². The normalized spacial score (nSPS) is 33.9. The van der Waals surface area contributed by atoms with E-state index in [1.165, 1.54) is 0 Å². The summed E-state index contributed by atoms with van der Waals surface area (Å²) >= 11 is 0. The maximum absolute atomic E-state index is 11.4. The molecule has 0 saturated carbocycles. The highest BCUT2D eigenvalue weighted by Gasteiger charge is 2.52. The molecule has 1 saturated heterocycles. The molecule has 0 bridgehead atoms. The molecular weight excluding hydrogens is 252 g/mol. The number of hydrogen-bond donors (Lipinski definition) is 3. The Bertz CT molecular complexity index is 469. The van der Waals surface area contributed by atoms with E-state index in [0.717, 1.165) is 50.1 Å². The second kappa shape index (κ2) is 5.35. The van der Waals surface area contributed by atoms with Gasteiger partial charge < -0.3 is 20.9 Å². The quantitative estimate of drug-likeness (QED) is 0.758. The number of fused-ring (bicyclic) bond motifs is 1. The van der Waals surface area contributed by atoms with E-state index >= 15 is 0 Å². The molecule has 1 aromatic rings. The Kier molecular flexibility index (Phi) is 3.71. The zero-order valence-electron chi connectivity index (χ0n) is 11.9. The van der Waals surface area contributed by atoms with E-state index < -0.39 is 5.60 Å². The van der Waals surface area contributed by atoms with Crippen LogP contribution in [0.15, 0.2) is 24.3 Å². The van der Waals surface area contributed by atoms with Gasteiger partial charge in [0, 0.05) is 17.5 Å². The third-order valence-electron chi connectivity index (χ3n) is 5.09. The van der Waals surface area contributed by atoms with Crippen LogP contribution in [0.3, 0.4) is 0 Å². The number of aliphatic hydroxyl groups is 1. The van der Waals surface area contributed by atoms with Crippen molar-refractivity contribution in [2.75, 3.05) is 26.2 Å². The van der Waals surface area contributed by atoms with Crippen molar-refractivity contribution in [2.45, 2.75) is 36.7 Å². The van der Waals surface area contributed by atoms with Crippen molar-refractivity contribution < 1.29 is 9.84 Å². The van der Waals surface area contributed by atoms with Crippen molar-refractivity contribution in [3.8, 4) is 5.75 Å². The lowest BCUT2D eigenvalue weighted by Gasteiger charge is -2.49. The highest BCUT2D eigenvalue weighted by molar-refractivity contribution is 5.44. The molecule has 0 aromatic heterocycles. The summed E-state index contributed by atoms with van der Waals surface area (Å²) in [6, 6.07) is 8.04. The maximum Gasteiger partial charge on any atom is 0.123 e. The Labute approximate surface area is 120 Å². The molecule has 2 heterocycles. The Balaban J connectivity index is 2.07. The minimum absolute atomic E-state index is 0.381. The van der Waals surface area contributed by atoms with Crippen LogP contribution in [0.25, 0.3) is 0 Å². The fourth-order valence-corrected chi connectivity index (χ4v) is 3.87. The summed E-state index contributed by atoms with van der Waals surface area (Å²) in [6.45, 7) is 2.91. The number of nitrogens with one attached hydrogen (secondary N) is 1. The van der Waals surface area contributed by atoms with E-state index in [4.69, 9.17) is 10.5 Å². The SMILES string of the molecule is NCC1(C2(O)CCCNCC2)CCOc2ccccc21. The van der Waals surface area contributed by atoms with Crippen LogP contribution in [-0.4, -0.2) is 36.9 Å². The van der Waals surface area contributed by atoms with E-state index in [-0.39, 0.29) is 5.41 Å². The molecule has 0 spiro atoms. The van der Waals surface area contributed by atoms with Crippen LogP contribution in [-0.2, 0) is 5.41 Å². The molecule has 2 aliphatic rings. The molecule has 0 radical (unpaired) electrons. The van der Waals surface area contributed by atoms with Crippen molar-refractivity contribution in [3.05, 3.63) is 29.8 Å². The first-order chi connectivity index (χ1) is 9.72. The first-order valence-electron chi connectivity index (χ1n) is 7.57. The van der Waals surface area contributed by atoms with Gasteiger partial charge in [0.15, 0.2) is 0 Å². The molecular formula is C16H24N2O2. The predicted molar refractivity (Wildman–Crippen MR) is 79.0 cm³/mol. The summed E-state index contributed by atoms with van der Waals surface area (Å²) in [5.74, 6) is 0.884. The molecule has 4 N–H and O–H groups in total. The number of nitrogens with two attached hydrogens (primary N) is 1. The first-order valence-corrected chi connectivity index (χ1v) is 7.57. The van der Waals surface area contributed by atoms with Gasteiger partial charge >= 0.3 is 0 Å². The average molecular weight is 276 g/mol. The zero-order valence-corrected chi connectivity index (χ0v) is 11.9. The molecule has 2 unspecified atom stereocenters. The van der Waals surface area contributed by atoms with Gasteiger partial charge in [0.2, 0.25) is 0 Å². The second-order valence-electron chi connectivity index (χ2n) is 6.02. The number of hydrogen-bond acceptors (Lipinski definition) is 4. The smallest absolute Gasteiger partial charge is 0.123 e. The Morgan fingerprint density at radius 2 is 2.05 bits per heavy atom. The fraction of sp³-hybridized carbons (Fsp3) is 0.625. The van der Waals surface area contributed by atoms with Crippen LogP contribution < -0.4 is 15.8 Å². The van der Waals surface area contributed by atoms with Gasteiger partial charge in [-0.2, -0.15) is 0 Å². The summed E-state index contributed by atoms with van der Waals surface area (Å²) in [6.07, 6.45) is 3.32. The summed E-state index contributed by atoms with van der Waals surface area (Å²) < 4.78 is 5.77. The molecule has 3 rings (SSSR count). The number of para-hydroxylation sites is 1. The lowest BCUT2D eigenvalue weighted by molar-refractivity contribution is -0.0621. The molecule has 1 aromatic carbocycles. The molecule has 1 fully saturated rings. The zero-order chi connectivity index (χ0) is 14.1. The molecule has 110 valence electrons. The van der Waals surface area contributed by atoms with Gasteiger partial charge in [0.1, 0.15) is 5.75 Å². The largest absolute Gasteiger partial charge is 0.493 e. The number of ether oxygens (including phenoxy) is 1. The minimum Gasteiger partial charge on any atom is -0.493 e. The Morgan fingerprint density at radius 1 is 1.20 bits per heavy atom. The number of rotatable bonds is 2. The monoisotopic (exact) mass is 276 g/mol. The summed E-state index contributed by atoms with van der Waals surface area (Å²) in [5, 5.41) is 14.8. The maximum atomic E-state index is 11.4. The van der Waals surface area contributed by atoms with Crippen molar-refractivity contribution in [2.24, 2.45) is 5.73 Å². The third-order valence-corrected chi connectivity index (χ3v) is 5.09. The molecule has 0 amide bonds. The van der Waals surface area contributed by atoms with E-state index in [0.29, 0.717) is 13.2 Å². The average Bonchev–Trinajstić information content (AvgIpc) is 2.72. The molecule has 2 atom stereocenters. The third kappa shape index (κ3) is 2.03. The van der Waals surface area contributed by atoms with Crippen molar-refractivity contribution in [1.82, 2.24) is 5.32 Å². The van der Waals surface area contributed by atoms with Crippen molar-refractivity contribution in [1.29, 1.82) is 0 Å². The van der Waals surface area contributed by atoms with Crippen LogP contribution in [0, 0.1) is 0 Å². The van der Waals surface area contributed by atoms with Gasteiger partial charge in [-0.1, -0.05) is 18.2 Å². The summed E-state index contributed by atoms with van der Waals surface area (Å²) in [7, 11) is 0. The Morgan fingerprint density at radius 3 is 2.90 bits per heavy atom. The topological polar surface area (TPSA) is 67.5 Å². The lowest BCUT2D eigenvalue weighted by atomic mass is 9.61. The van der Waals surface area contributed by atoms with Gasteiger partial charge in [-0.25, -0.2) is 0 Å². The molecule has 4 nitrogen and oxygen atoms in total. The molecule has 2 aliphatic heterocycles. The second-order valence-corrected chi connectivity index (χ2v) is 6.02. The standard InChI is InChI=1S/C16H24N2O2/c17-12-15(16(19)6-3-9-18-10-7-16)8-11-20-14-5-2-1-4-13(14)15/h1-2,4-5,18-19H,3,6-12,17H2. The van der Waals surface area contributed by atoms with Crippen molar-refractivity contribution >= 4 is 0 Å². The van der Waals surface area contributed by atoms with E-state index in [9.17, 15) is 5.11 Å².